The molecular weight excluding hydrogens is 362 g/mol. The molecule has 0 aliphatic carbocycles. The van der Waals surface area contributed by atoms with Crippen LogP contribution in [0.3, 0.4) is 0 Å². The molecule has 150 valence electrons. The highest BCUT2D eigenvalue weighted by atomic mass is 16.5. The van der Waals surface area contributed by atoms with Crippen LogP contribution in [-0.2, 0) is 18.8 Å². The highest BCUT2D eigenvalue weighted by Gasteiger charge is 2.26. The predicted molar refractivity (Wildman–Crippen MR) is 106 cm³/mol. The minimum absolute atomic E-state index is 0.138. The highest BCUT2D eigenvalue weighted by Crippen LogP contribution is 2.20. The van der Waals surface area contributed by atoms with Gasteiger partial charge in [0.05, 0.1) is 13.2 Å². The van der Waals surface area contributed by atoms with Gasteiger partial charge >= 0.3 is 5.69 Å². The summed E-state index contributed by atoms with van der Waals surface area (Å²) in [6.07, 6.45) is 2.63. The maximum absolute atomic E-state index is 12.2. The third-order valence-corrected chi connectivity index (χ3v) is 5.32. The second kappa shape index (κ2) is 7.63. The van der Waals surface area contributed by atoms with Crippen molar-refractivity contribution in [1.82, 2.24) is 19.1 Å². The third kappa shape index (κ3) is 3.59. The van der Waals surface area contributed by atoms with Gasteiger partial charge in [-0.05, 0) is 12.5 Å². The van der Waals surface area contributed by atoms with Crippen LogP contribution in [0, 0.1) is 0 Å². The average Bonchev–Trinajstić information content (AvgIpc) is 3.18. The molecule has 2 fully saturated rings. The Hall–Kier alpha value is -2.88. The second-order valence-corrected chi connectivity index (χ2v) is 7.16. The third-order valence-electron chi connectivity index (χ3n) is 5.32. The first-order valence-electron chi connectivity index (χ1n) is 9.47. The van der Waals surface area contributed by atoms with Crippen LogP contribution in [0.1, 0.15) is 6.42 Å². The fourth-order valence-corrected chi connectivity index (χ4v) is 3.68. The molecule has 2 aromatic heterocycles. The van der Waals surface area contributed by atoms with Crippen LogP contribution in [-0.4, -0.2) is 64.5 Å². The van der Waals surface area contributed by atoms with Crippen molar-refractivity contribution in [3.05, 3.63) is 39.2 Å². The Morgan fingerprint density at radius 3 is 2.68 bits per heavy atom. The van der Waals surface area contributed by atoms with E-state index in [1.165, 1.54) is 17.7 Å². The Morgan fingerprint density at radius 1 is 1.11 bits per heavy atom. The fraction of sp³-hybridized carbons (Fsp3) is 0.556. The van der Waals surface area contributed by atoms with Crippen LogP contribution in [0.25, 0.3) is 0 Å². The Bertz CT molecular complexity index is 964. The van der Waals surface area contributed by atoms with E-state index in [0.717, 1.165) is 36.4 Å². The monoisotopic (exact) mass is 387 g/mol. The summed E-state index contributed by atoms with van der Waals surface area (Å²) in [6.45, 7) is 4.49. The fourth-order valence-electron chi connectivity index (χ4n) is 3.68. The lowest BCUT2D eigenvalue weighted by molar-refractivity contribution is 0.122. The summed E-state index contributed by atoms with van der Waals surface area (Å²) < 4.78 is 8.02. The van der Waals surface area contributed by atoms with Crippen molar-refractivity contribution >= 4 is 17.6 Å². The van der Waals surface area contributed by atoms with E-state index in [-0.39, 0.29) is 17.3 Å². The van der Waals surface area contributed by atoms with Gasteiger partial charge in [-0.25, -0.2) is 9.78 Å². The van der Waals surface area contributed by atoms with Gasteiger partial charge in [0.1, 0.15) is 11.6 Å². The van der Waals surface area contributed by atoms with E-state index in [9.17, 15) is 9.59 Å². The molecule has 0 saturated carbocycles. The van der Waals surface area contributed by atoms with Gasteiger partial charge in [-0.3, -0.25) is 13.9 Å². The van der Waals surface area contributed by atoms with E-state index in [2.05, 4.69) is 20.2 Å². The number of hydrogen-bond donors (Lipinski definition) is 1. The molecule has 0 spiro atoms. The first kappa shape index (κ1) is 18.5. The minimum Gasteiger partial charge on any atom is -0.378 e. The van der Waals surface area contributed by atoms with Crippen molar-refractivity contribution in [1.29, 1.82) is 0 Å². The van der Waals surface area contributed by atoms with E-state index < -0.39 is 0 Å². The van der Waals surface area contributed by atoms with Gasteiger partial charge in [-0.2, -0.15) is 4.98 Å². The van der Waals surface area contributed by atoms with E-state index in [1.807, 2.05) is 11.0 Å². The minimum atomic E-state index is -0.319. The molecule has 28 heavy (non-hydrogen) atoms. The SMILES string of the molecule is Cn1c(N2CC[C@H](Nc3nccc(N4CCOCC4)n3)C2)cc(=O)n(C)c1=O. The van der Waals surface area contributed by atoms with Crippen LogP contribution in [0.15, 0.2) is 27.9 Å². The number of hydrogen-bond acceptors (Lipinski definition) is 8. The molecule has 2 aliphatic heterocycles. The summed E-state index contributed by atoms with van der Waals surface area (Å²) in [5, 5.41) is 3.39. The molecule has 0 amide bonds. The summed E-state index contributed by atoms with van der Waals surface area (Å²) in [5.74, 6) is 2.12. The van der Waals surface area contributed by atoms with Crippen molar-refractivity contribution < 1.29 is 4.74 Å². The lowest BCUT2D eigenvalue weighted by Gasteiger charge is -2.28. The number of morpholine rings is 1. The summed E-state index contributed by atoms with van der Waals surface area (Å²) in [7, 11) is 3.17. The molecule has 2 aliphatic rings. The normalized spacial score (nSPS) is 19.9. The lowest BCUT2D eigenvalue weighted by atomic mass is 10.3. The van der Waals surface area contributed by atoms with Gasteiger partial charge in [0, 0.05) is 58.6 Å². The number of aromatic nitrogens is 4. The molecule has 10 heteroatoms. The Balaban J connectivity index is 1.46. The smallest absolute Gasteiger partial charge is 0.332 e. The maximum Gasteiger partial charge on any atom is 0.332 e. The van der Waals surface area contributed by atoms with Crippen molar-refractivity contribution in [3.63, 3.8) is 0 Å². The molecule has 0 bridgehead atoms. The topological polar surface area (TPSA) is 97.5 Å². The first-order chi connectivity index (χ1) is 13.5. The van der Waals surface area contributed by atoms with Crippen molar-refractivity contribution in [3.8, 4) is 0 Å². The van der Waals surface area contributed by atoms with Crippen LogP contribution >= 0.6 is 0 Å². The number of rotatable bonds is 4. The van der Waals surface area contributed by atoms with Crippen molar-refractivity contribution in [2.24, 2.45) is 14.1 Å². The second-order valence-electron chi connectivity index (χ2n) is 7.16. The zero-order valence-corrected chi connectivity index (χ0v) is 16.2. The largest absolute Gasteiger partial charge is 0.378 e. The maximum atomic E-state index is 12.2. The van der Waals surface area contributed by atoms with E-state index in [0.29, 0.717) is 31.5 Å². The zero-order valence-electron chi connectivity index (χ0n) is 16.2. The lowest BCUT2D eigenvalue weighted by Crippen LogP contribution is -2.40. The summed E-state index contributed by atoms with van der Waals surface area (Å²) in [4.78, 5) is 37.4. The Labute approximate surface area is 162 Å². The number of anilines is 3. The Morgan fingerprint density at radius 2 is 1.89 bits per heavy atom. The first-order valence-corrected chi connectivity index (χ1v) is 9.47. The van der Waals surface area contributed by atoms with E-state index in [1.54, 1.807) is 13.2 Å². The van der Waals surface area contributed by atoms with Gasteiger partial charge in [-0.15, -0.1) is 0 Å². The standard InChI is InChI=1S/C18H25N7O3/c1-22-15(11-16(26)23(2)18(22)27)25-6-4-13(12-25)20-17-19-5-3-14(21-17)24-7-9-28-10-8-24/h3,5,11,13H,4,6-10,12H2,1-2H3,(H,19,20,21)/t13-/m0/s1. The molecule has 4 heterocycles. The quantitative estimate of drug-likeness (QED) is 0.743. The molecule has 1 atom stereocenters. The van der Waals surface area contributed by atoms with Gasteiger partial charge < -0.3 is 19.9 Å². The van der Waals surface area contributed by atoms with E-state index in [4.69, 9.17) is 4.74 Å². The van der Waals surface area contributed by atoms with Gasteiger partial charge in [0.15, 0.2) is 0 Å². The molecule has 10 nitrogen and oxygen atoms in total. The van der Waals surface area contributed by atoms with Crippen LogP contribution in [0.5, 0.6) is 0 Å². The predicted octanol–water partition coefficient (Wildman–Crippen LogP) is -0.599. The number of nitrogens with one attached hydrogen (secondary N) is 1. The number of ether oxygens (including phenoxy) is 1. The molecule has 0 aromatic carbocycles. The molecule has 0 radical (unpaired) electrons. The van der Waals surface area contributed by atoms with Crippen LogP contribution < -0.4 is 26.4 Å². The number of nitrogens with zero attached hydrogens (tertiary/aromatic N) is 6. The molecule has 4 rings (SSSR count). The van der Waals surface area contributed by atoms with Gasteiger partial charge in [-0.1, -0.05) is 0 Å². The van der Waals surface area contributed by atoms with Crippen molar-refractivity contribution in [2.75, 3.05) is 54.5 Å². The van der Waals surface area contributed by atoms with Gasteiger partial charge in [0.2, 0.25) is 5.95 Å². The van der Waals surface area contributed by atoms with Crippen LogP contribution in [0.4, 0.5) is 17.6 Å². The molecule has 1 N–H and O–H groups in total. The average molecular weight is 387 g/mol. The summed E-state index contributed by atoms with van der Waals surface area (Å²) in [5.41, 5.74) is -0.614. The van der Waals surface area contributed by atoms with Gasteiger partial charge in [0.25, 0.3) is 5.56 Å². The van der Waals surface area contributed by atoms with E-state index >= 15 is 0 Å². The summed E-state index contributed by atoms with van der Waals surface area (Å²) in [6, 6.07) is 3.56. The highest BCUT2D eigenvalue weighted by molar-refractivity contribution is 5.45. The zero-order chi connectivity index (χ0) is 19.7. The molecule has 2 saturated heterocycles. The molecular formula is C18H25N7O3. The molecule has 2 aromatic rings. The Kier molecular flexibility index (Phi) is 5.03. The molecule has 0 unspecified atom stereocenters. The van der Waals surface area contributed by atoms with Crippen LogP contribution in [0.2, 0.25) is 0 Å². The summed E-state index contributed by atoms with van der Waals surface area (Å²) >= 11 is 0. The van der Waals surface area contributed by atoms with Crippen molar-refractivity contribution in [2.45, 2.75) is 12.5 Å².